The van der Waals surface area contributed by atoms with Crippen LogP contribution < -0.4 is 5.32 Å². The molecule has 0 aliphatic carbocycles. The summed E-state index contributed by atoms with van der Waals surface area (Å²) < 4.78 is 1.08. The zero-order chi connectivity index (χ0) is 6.97. The standard InChI is InChI=1S/C6H10N2S2/c9-6-8-3-1-2-7-5(8)4-10-6/h5,7H,1-4H2/t5-/m0/s1. The van der Waals surface area contributed by atoms with E-state index in [4.69, 9.17) is 12.2 Å². The maximum Gasteiger partial charge on any atom is 0.137 e. The second kappa shape index (κ2) is 2.68. The third-order valence-electron chi connectivity index (χ3n) is 1.93. The Morgan fingerprint density at radius 2 is 2.60 bits per heavy atom. The molecule has 2 rings (SSSR count). The molecule has 4 heteroatoms. The fraction of sp³-hybridized carbons (Fsp3) is 0.833. The molecule has 2 saturated heterocycles. The van der Waals surface area contributed by atoms with E-state index < -0.39 is 0 Å². The van der Waals surface area contributed by atoms with Gasteiger partial charge in [-0.1, -0.05) is 24.0 Å². The van der Waals surface area contributed by atoms with Gasteiger partial charge in [0.05, 0.1) is 6.17 Å². The molecule has 0 saturated carbocycles. The van der Waals surface area contributed by atoms with Gasteiger partial charge in [0, 0.05) is 12.3 Å². The predicted molar refractivity (Wildman–Crippen MR) is 48.2 cm³/mol. The van der Waals surface area contributed by atoms with Crippen LogP contribution in [0.1, 0.15) is 6.42 Å². The lowest BCUT2D eigenvalue weighted by atomic mass is 10.3. The summed E-state index contributed by atoms with van der Waals surface area (Å²) in [6.07, 6.45) is 1.78. The van der Waals surface area contributed by atoms with Crippen LogP contribution in [-0.4, -0.2) is 34.2 Å². The molecule has 2 aliphatic rings. The highest BCUT2D eigenvalue weighted by atomic mass is 32.2. The minimum atomic E-state index is 0.547. The van der Waals surface area contributed by atoms with Crippen LogP contribution >= 0.6 is 24.0 Å². The van der Waals surface area contributed by atoms with Crippen molar-refractivity contribution in [3.8, 4) is 0 Å². The number of thiocarbonyl (C=S) groups is 1. The molecule has 2 fully saturated rings. The zero-order valence-electron chi connectivity index (χ0n) is 5.67. The highest BCUT2D eigenvalue weighted by molar-refractivity contribution is 8.23. The first-order valence-corrected chi connectivity index (χ1v) is 4.94. The number of thioether (sulfide) groups is 1. The van der Waals surface area contributed by atoms with E-state index in [1.807, 2.05) is 0 Å². The Hall–Kier alpha value is 0.200. The van der Waals surface area contributed by atoms with E-state index in [0.717, 1.165) is 23.2 Å². The maximum atomic E-state index is 5.17. The third-order valence-corrected chi connectivity index (χ3v) is 3.48. The minimum Gasteiger partial charge on any atom is -0.341 e. The summed E-state index contributed by atoms with van der Waals surface area (Å²) in [6, 6.07) is 0. The van der Waals surface area contributed by atoms with Crippen LogP contribution in [-0.2, 0) is 0 Å². The number of nitrogens with one attached hydrogen (secondary N) is 1. The van der Waals surface area contributed by atoms with Crippen molar-refractivity contribution in [3.63, 3.8) is 0 Å². The Kier molecular flexibility index (Phi) is 1.84. The topological polar surface area (TPSA) is 15.3 Å². The second-order valence-corrected chi connectivity index (χ2v) is 4.25. The highest BCUT2D eigenvalue weighted by Gasteiger charge is 2.30. The van der Waals surface area contributed by atoms with Gasteiger partial charge >= 0.3 is 0 Å². The number of hydrogen-bond donors (Lipinski definition) is 1. The molecular weight excluding hydrogens is 164 g/mol. The molecule has 0 spiro atoms. The SMILES string of the molecule is S=C1SC[C@H]2NCCCN12. The van der Waals surface area contributed by atoms with Gasteiger partial charge in [-0.05, 0) is 13.0 Å². The number of fused-ring (bicyclic) bond motifs is 1. The van der Waals surface area contributed by atoms with Gasteiger partial charge in [0.2, 0.25) is 0 Å². The van der Waals surface area contributed by atoms with Crippen LogP contribution in [0, 0.1) is 0 Å². The average Bonchev–Trinajstić information content (AvgIpc) is 2.34. The highest BCUT2D eigenvalue weighted by Crippen LogP contribution is 2.24. The number of rotatable bonds is 0. The minimum absolute atomic E-state index is 0.547. The number of hydrogen-bond acceptors (Lipinski definition) is 3. The molecule has 1 N–H and O–H groups in total. The molecule has 2 aliphatic heterocycles. The number of nitrogens with zero attached hydrogens (tertiary/aromatic N) is 1. The van der Waals surface area contributed by atoms with Gasteiger partial charge in [0.1, 0.15) is 4.32 Å². The zero-order valence-corrected chi connectivity index (χ0v) is 7.30. The lowest BCUT2D eigenvalue weighted by Crippen LogP contribution is -2.49. The van der Waals surface area contributed by atoms with Gasteiger partial charge in [-0.25, -0.2) is 0 Å². The van der Waals surface area contributed by atoms with Crippen LogP contribution in [0.5, 0.6) is 0 Å². The average molecular weight is 174 g/mol. The Bertz CT molecular complexity index is 160. The van der Waals surface area contributed by atoms with E-state index in [1.165, 1.54) is 6.42 Å². The Morgan fingerprint density at radius 1 is 1.70 bits per heavy atom. The van der Waals surface area contributed by atoms with Crippen LogP contribution in [0.3, 0.4) is 0 Å². The first kappa shape index (κ1) is 6.88. The largest absolute Gasteiger partial charge is 0.341 e. The lowest BCUT2D eigenvalue weighted by Gasteiger charge is -2.30. The Morgan fingerprint density at radius 3 is 3.40 bits per heavy atom. The fourth-order valence-corrected chi connectivity index (χ4v) is 2.79. The summed E-state index contributed by atoms with van der Waals surface area (Å²) in [5.74, 6) is 1.14. The van der Waals surface area contributed by atoms with E-state index in [1.54, 1.807) is 11.8 Å². The van der Waals surface area contributed by atoms with Gasteiger partial charge in [0.25, 0.3) is 0 Å². The van der Waals surface area contributed by atoms with Gasteiger partial charge in [-0.3, -0.25) is 5.32 Å². The monoisotopic (exact) mass is 174 g/mol. The van der Waals surface area contributed by atoms with E-state index in [2.05, 4.69) is 10.2 Å². The van der Waals surface area contributed by atoms with Crippen molar-refractivity contribution >= 4 is 28.3 Å². The summed E-state index contributed by atoms with van der Waals surface area (Å²) in [7, 11) is 0. The molecule has 0 radical (unpaired) electrons. The molecule has 0 aromatic rings. The summed E-state index contributed by atoms with van der Waals surface area (Å²) in [5, 5.41) is 3.43. The molecule has 0 unspecified atom stereocenters. The van der Waals surface area contributed by atoms with E-state index in [0.29, 0.717) is 6.17 Å². The molecular formula is C6H10N2S2. The van der Waals surface area contributed by atoms with Crippen molar-refractivity contribution in [1.29, 1.82) is 0 Å². The maximum absolute atomic E-state index is 5.17. The first-order valence-electron chi connectivity index (χ1n) is 3.55. The van der Waals surface area contributed by atoms with Gasteiger partial charge in [0.15, 0.2) is 0 Å². The predicted octanol–water partition coefficient (Wildman–Crippen LogP) is 0.639. The van der Waals surface area contributed by atoms with Gasteiger partial charge in [-0.15, -0.1) is 0 Å². The van der Waals surface area contributed by atoms with Crippen molar-refractivity contribution in [3.05, 3.63) is 0 Å². The van der Waals surface area contributed by atoms with Crippen molar-refractivity contribution in [2.45, 2.75) is 12.6 Å². The van der Waals surface area contributed by atoms with Crippen molar-refractivity contribution in [2.75, 3.05) is 18.8 Å². The smallest absolute Gasteiger partial charge is 0.137 e. The summed E-state index contributed by atoms with van der Waals surface area (Å²) in [4.78, 5) is 2.30. The van der Waals surface area contributed by atoms with Crippen molar-refractivity contribution in [2.24, 2.45) is 0 Å². The molecule has 2 heterocycles. The van der Waals surface area contributed by atoms with E-state index in [9.17, 15) is 0 Å². The normalized spacial score (nSPS) is 32.6. The second-order valence-electron chi connectivity index (χ2n) is 2.59. The van der Waals surface area contributed by atoms with Crippen molar-refractivity contribution in [1.82, 2.24) is 10.2 Å². The van der Waals surface area contributed by atoms with Crippen LogP contribution in [0.4, 0.5) is 0 Å². The molecule has 2 nitrogen and oxygen atoms in total. The quantitative estimate of drug-likeness (QED) is 0.542. The molecule has 10 heavy (non-hydrogen) atoms. The molecule has 1 atom stereocenters. The summed E-state index contributed by atoms with van der Waals surface area (Å²) in [5.41, 5.74) is 0. The van der Waals surface area contributed by atoms with Gasteiger partial charge in [-0.2, -0.15) is 0 Å². The Labute approximate surface area is 70.3 Å². The van der Waals surface area contributed by atoms with Gasteiger partial charge < -0.3 is 4.90 Å². The van der Waals surface area contributed by atoms with Crippen LogP contribution in [0.25, 0.3) is 0 Å². The molecule has 0 bridgehead atoms. The van der Waals surface area contributed by atoms with Crippen LogP contribution in [0.15, 0.2) is 0 Å². The van der Waals surface area contributed by atoms with E-state index >= 15 is 0 Å². The third kappa shape index (κ3) is 1.04. The molecule has 0 aromatic carbocycles. The van der Waals surface area contributed by atoms with Crippen molar-refractivity contribution < 1.29 is 0 Å². The van der Waals surface area contributed by atoms with Crippen LogP contribution in [0.2, 0.25) is 0 Å². The fourth-order valence-electron chi connectivity index (χ4n) is 1.38. The Balaban J connectivity index is 2.08. The lowest BCUT2D eigenvalue weighted by molar-refractivity contribution is 0.255. The van der Waals surface area contributed by atoms with E-state index in [-0.39, 0.29) is 0 Å². The molecule has 0 amide bonds. The summed E-state index contributed by atoms with van der Waals surface area (Å²) >= 11 is 6.96. The first-order chi connectivity index (χ1) is 4.88. The summed E-state index contributed by atoms with van der Waals surface area (Å²) in [6.45, 7) is 2.31. The molecule has 0 aromatic heterocycles. The molecule has 56 valence electrons.